The Morgan fingerprint density at radius 1 is 1.42 bits per heavy atom. The van der Waals surface area contributed by atoms with E-state index in [2.05, 4.69) is 10.3 Å². The molecular weight excluding hydrogens is 249 g/mol. The Bertz CT molecular complexity index is 788. The minimum Gasteiger partial charge on any atom is -0.452 e. The van der Waals surface area contributed by atoms with Gasteiger partial charge in [-0.3, -0.25) is 4.79 Å². The van der Waals surface area contributed by atoms with Gasteiger partial charge < -0.3 is 4.42 Å². The molecule has 96 valence electrons. The van der Waals surface area contributed by atoms with Crippen molar-refractivity contribution in [2.24, 2.45) is 7.05 Å². The molecule has 3 rings (SSSR count). The molecule has 0 unspecified atom stereocenters. The zero-order valence-electron chi connectivity index (χ0n) is 10.3. The highest BCUT2D eigenvalue weighted by Gasteiger charge is 2.22. The molecule has 0 aliphatic carbocycles. The molecule has 1 aromatic carbocycles. The summed E-state index contributed by atoms with van der Waals surface area (Å²) in [6, 6.07) is 4.16. The van der Waals surface area contributed by atoms with E-state index in [-0.39, 0.29) is 17.4 Å². The van der Waals surface area contributed by atoms with E-state index in [9.17, 15) is 9.18 Å². The predicted molar refractivity (Wildman–Crippen MR) is 65.3 cm³/mol. The lowest BCUT2D eigenvalue weighted by Crippen LogP contribution is -2.08. The van der Waals surface area contributed by atoms with Gasteiger partial charge in [0.05, 0.1) is 6.20 Å². The topological polar surface area (TPSA) is 60.9 Å². The lowest BCUT2D eigenvalue weighted by molar-refractivity contribution is 0.100. The predicted octanol–water partition coefficient (Wildman–Crippen LogP) is 2.24. The number of carbonyl (C=O) groups is 1. The second-order valence-electron chi connectivity index (χ2n) is 4.27. The van der Waals surface area contributed by atoms with Gasteiger partial charge in [0.1, 0.15) is 17.1 Å². The quantitative estimate of drug-likeness (QED) is 0.662. The van der Waals surface area contributed by atoms with Crippen LogP contribution in [0.4, 0.5) is 4.39 Å². The number of furan rings is 1. The van der Waals surface area contributed by atoms with Gasteiger partial charge in [-0.1, -0.05) is 5.21 Å². The van der Waals surface area contributed by atoms with Crippen LogP contribution in [0.15, 0.2) is 28.8 Å². The zero-order valence-corrected chi connectivity index (χ0v) is 10.3. The molecule has 19 heavy (non-hydrogen) atoms. The molecule has 0 atom stereocenters. The summed E-state index contributed by atoms with van der Waals surface area (Å²) in [6.07, 6.45) is 1.37. The second-order valence-corrected chi connectivity index (χ2v) is 4.27. The molecule has 0 bridgehead atoms. The molecule has 6 heteroatoms. The van der Waals surface area contributed by atoms with Gasteiger partial charge in [-0.15, -0.1) is 5.10 Å². The lowest BCUT2D eigenvalue weighted by atomic mass is 10.1. The summed E-state index contributed by atoms with van der Waals surface area (Å²) in [6.45, 7) is 1.72. The Kier molecular flexibility index (Phi) is 2.45. The summed E-state index contributed by atoms with van der Waals surface area (Å²) < 4.78 is 20.1. The fraction of sp³-hybridized carbons (Fsp3) is 0.154. The van der Waals surface area contributed by atoms with Crippen molar-refractivity contribution in [1.82, 2.24) is 15.0 Å². The Morgan fingerprint density at radius 3 is 2.89 bits per heavy atom. The van der Waals surface area contributed by atoms with E-state index in [1.54, 1.807) is 14.0 Å². The van der Waals surface area contributed by atoms with Crippen molar-refractivity contribution in [3.63, 3.8) is 0 Å². The Hall–Kier alpha value is -2.50. The van der Waals surface area contributed by atoms with Crippen LogP contribution in [0.2, 0.25) is 0 Å². The minimum absolute atomic E-state index is 0.186. The number of nitrogens with zero attached hydrogens (tertiary/aromatic N) is 3. The molecule has 5 nitrogen and oxygen atoms in total. The highest BCUT2D eigenvalue weighted by atomic mass is 19.1. The second kappa shape index (κ2) is 4.01. The van der Waals surface area contributed by atoms with Crippen LogP contribution in [-0.2, 0) is 7.05 Å². The molecule has 2 heterocycles. The number of carbonyl (C=O) groups excluding carboxylic acids is 1. The van der Waals surface area contributed by atoms with Crippen molar-refractivity contribution in [2.75, 3.05) is 0 Å². The van der Waals surface area contributed by atoms with E-state index in [0.717, 1.165) is 0 Å². The number of aromatic nitrogens is 3. The van der Waals surface area contributed by atoms with Crippen molar-refractivity contribution >= 4 is 16.8 Å². The van der Waals surface area contributed by atoms with Crippen LogP contribution in [0.25, 0.3) is 11.0 Å². The Labute approximate surface area is 107 Å². The third-order valence-corrected chi connectivity index (χ3v) is 3.05. The largest absolute Gasteiger partial charge is 0.452 e. The number of ketones is 1. The standard InChI is InChI=1S/C13H10FN3O2/c1-7-9-5-8(14)3-4-11(9)19-13(7)12(18)10-6-15-16-17(10)2/h3-6H,1-2H3. The first kappa shape index (κ1) is 11.6. The van der Waals surface area contributed by atoms with Gasteiger partial charge in [-0.2, -0.15) is 0 Å². The van der Waals surface area contributed by atoms with Crippen LogP contribution >= 0.6 is 0 Å². The smallest absolute Gasteiger partial charge is 0.248 e. The monoisotopic (exact) mass is 259 g/mol. The van der Waals surface area contributed by atoms with E-state index in [0.29, 0.717) is 22.2 Å². The normalized spacial score (nSPS) is 11.1. The fourth-order valence-electron chi connectivity index (χ4n) is 2.02. The molecule has 0 amide bonds. The molecule has 0 saturated heterocycles. The molecule has 0 saturated carbocycles. The van der Waals surface area contributed by atoms with Crippen molar-refractivity contribution in [3.05, 3.63) is 47.2 Å². The van der Waals surface area contributed by atoms with Gasteiger partial charge >= 0.3 is 0 Å². The molecule has 0 radical (unpaired) electrons. The van der Waals surface area contributed by atoms with Gasteiger partial charge in [0.15, 0.2) is 5.76 Å². The molecule has 0 aliphatic rings. The first-order chi connectivity index (χ1) is 9.08. The van der Waals surface area contributed by atoms with Gasteiger partial charge in [0.2, 0.25) is 5.78 Å². The molecular formula is C13H10FN3O2. The SMILES string of the molecule is Cc1c(C(=O)c2cnnn2C)oc2ccc(F)cc12. The van der Waals surface area contributed by atoms with Gasteiger partial charge in [0.25, 0.3) is 0 Å². The highest BCUT2D eigenvalue weighted by Crippen LogP contribution is 2.27. The number of fused-ring (bicyclic) bond motifs is 1. The summed E-state index contributed by atoms with van der Waals surface area (Å²) in [7, 11) is 1.62. The molecule has 0 aliphatic heterocycles. The third-order valence-electron chi connectivity index (χ3n) is 3.05. The van der Waals surface area contributed by atoms with Crippen molar-refractivity contribution in [3.8, 4) is 0 Å². The highest BCUT2D eigenvalue weighted by molar-refractivity contribution is 6.09. The first-order valence-corrected chi connectivity index (χ1v) is 5.66. The van der Waals surface area contributed by atoms with E-state index in [1.165, 1.54) is 29.1 Å². The number of aryl methyl sites for hydroxylation is 2. The van der Waals surface area contributed by atoms with Crippen LogP contribution in [0.5, 0.6) is 0 Å². The average molecular weight is 259 g/mol. The summed E-state index contributed by atoms with van der Waals surface area (Å²) in [5.74, 6) is -0.495. The molecule has 0 spiro atoms. The van der Waals surface area contributed by atoms with Crippen LogP contribution in [0.1, 0.15) is 21.8 Å². The number of rotatable bonds is 2. The minimum atomic E-state index is -0.363. The van der Waals surface area contributed by atoms with Crippen LogP contribution < -0.4 is 0 Å². The third kappa shape index (κ3) is 1.72. The van der Waals surface area contributed by atoms with E-state index < -0.39 is 0 Å². The maximum absolute atomic E-state index is 13.2. The maximum Gasteiger partial charge on any atom is 0.248 e. The molecule has 0 N–H and O–H groups in total. The molecule has 0 fully saturated rings. The number of benzene rings is 1. The zero-order chi connectivity index (χ0) is 13.6. The van der Waals surface area contributed by atoms with Crippen LogP contribution in [-0.4, -0.2) is 20.8 Å². The molecule has 3 aromatic rings. The van der Waals surface area contributed by atoms with E-state index >= 15 is 0 Å². The van der Waals surface area contributed by atoms with Crippen molar-refractivity contribution < 1.29 is 13.6 Å². The lowest BCUT2D eigenvalue weighted by Gasteiger charge is -1.97. The first-order valence-electron chi connectivity index (χ1n) is 5.66. The summed E-state index contributed by atoms with van der Waals surface area (Å²) in [5.41, 5.74) is 1.42. The van der Waals surface area contributed by atoms with Gasteiger partial charge in [-0.25, -0.2) is 9.07 Å². The van der Waals surface area contributed by atoms with Gasteiger partial charge in [0, 0.05) is 18.0 Å². The number of hydrogen-bond donors (Lipinski definition) is 0. The molecule has 2 aromatic heterocycles. The average Bonchev–Trinajstić information content (AvgIpc) is 2.94. The van der Waals surface area contributed by atoms with Crippen molar-refractivity contribution in [2.45, 2.75) is 6.92 Å². The van der Waals surface area contributed by atoms with Crippen LogP contribution in [0.3, 0.4) is 0 Å². The van der Waals surface area contributed by atoms with E-state index in [4.69, 9.17) is 4.42 Å². The maximum atomic E-state index is 13.2. The number of halogens is 1. The van der Waals surface area contributed by atoms with Crippen LogP contribution in [0, 0.1) is 12.7 Å². The summed E-state index contributed by atoms with van der Waals surface area (Å²) in [5, 5.41) is 7.96. The summed E-state index contributed by atoms with van der Waals surface area (Å²) >= 11 is 0. The van der Waals surface area contributed by atoms with Crippen molar-refractivity contribution in [1.29, 1.82) is 0 Å². The van der Waals surface area contributed by atoms with E-state index in [1.807, 2.05) is 0 Å². The summed E-state index contributed by atoms with van der Waals surface area (Å²) in [4.78, 5) is 12.3. The fourth-order valence-corrected chi connectivity index (χ4v) is 2.02. The Balaban J connectivity index is 2.18. The number of hydrogen-bond acceptors (Lipinski definition) is 4. The van der Waals surface area contributed by atoms with Gasteiger partial charge in [-0.05, 0) is 25.1 Å². The Morgan fingerprint density at radius 2 is 2.21 bits per heavy atom.